The van der Waals surface area contributed by atoms with E-state index in [1.807, 2.05) is 18.2 Å². The molecule has 0 saturated carbocycles. The van der Waals surface area contributed by atoms with Crippen LogP contribution in [0.15, 0.2) is 35.5 Å². The molecule has 0 saturated heterocycles. The van der Waals surface area contributed by atoms with Crippen LogP contribution >= 0.6 is 0 Å². The molecule has 0 aliphatic carbocycles. The third-order valence-electron chi connectivity index (χ3n) is 3.50. The first-order valence-electron chi connectivity index (χ1n) is 6.91. The molecule has 0 amide bonds. The first-order valence-corrected chi connectivity index (χ1v) is 6.91. The van der Waals surface area contributed by atoms with Crippen LogP contribution in [-0.4, -0.2) is 13.1 Å². The van der Waals surface area contributed by atoms with E-state index in [-0.39, 0.29) is 5.97 Å². The van der Waals surface area contributed by atoms with Gasteiger partial charge >= 0.3 is 5.97 Å². The number of rotatable bonds is 5. The van der Waals surface area contributed by atoms with E-state index in [9.17, 15) is 4.79 Å². The maximum atomic E-state index is 11.9. The largest absolute Gasteiger partial charge is 0.466 e. The summed E-state index contributed by atoms with van der Waals surface area (Å²) in [4.78, 5) is 11.9. The van der Waals surface area contributed by atoms with Crippen LogP contribution in [0.5, 0.6) is 0 Å². The van der Waals surface area contributed by atoms with Crippen LogP contribution < -0.4 is 5.32 Å². The fourth-order valence-electron chi connectivity index (χ4n) is 2.42. The molecule has 3 heteroatoms. The zero-order valence-corrected chi connectivity index (χ0v) is 11.7. The number of carbonyl (C=O) groups is 1. The number of nitrogens with one attached hydrogen (secondary N) is 1. The highest BCUT2D eigenvalue weighted by Gasteiger charge is 2.22. The van der Waals surface area contributed by atoms with Crippen molar-refractivity contribution in [2.75, 3.05) is 12.4 Å². The Morgan fingerprint density at radius 2 is 2.11 bits per heavy atom. The Kier molecular flexibility index (Phi) is 4.61. The van der Waals surface area contributed by atoms with Crippen LogP contribution in [0, 0.1) is 0 Å². The first kappa shape index (κ1) is 13.7. The number of ether oxygens (including phenoxy) is 1. The van der Waals surface area contributed by atoms with Crippen molar-refractivity contribution < 1.29 is 9.53 Å². The third-order valence-corrected chi connectivity index (χ3v) is 3.50. The highest BCUT2D eigenvalue weighted by atomic mass is 16.5. The fraction of sp³-hybridized carbons (Fsp3) is 0.438. The minimum absolute atomic E-state index is 0.214. The number of hydrogen-bond donors (Lipinski definition) is 1. The van der Waals surface area contributed by atoms with Gasteiger partial charge in [0.05, 0.1) is 12.7 Å². The number of benzene rings is 1. The number of hydrogen-bond acceptors (Lipinski definition) is 3. The van der Waals surface area contributed by atoms with Crippen molar-refractivity contribution in [2.24, 2.45) is 0 Å². The average molecular weight is 259 g/mol. The number of allylic oxidation sites excluding steroid dienone is 1. The third kappa shape index (κ3) is 3.16. The zero-order valence-electron chi connectivity index (χ0n) is 11.7. The molecule has 1 aromatic carbocycles. The molecule has 0 atom stereocenters. The lowest BCUT2D eigenvalue weighted by Crippen LogP contribution is -2.19. The van der Waals surface area contributed by atoms with Gasteiger partial charge in [-0.15, -0.1) is 0 Å². The summed E-state index contributed by atoms with van der Waals surface area (Å²) in [5.41, 5.74) is 4.07. The molecule has 0 unspecified atom stereocenters. The van der Waals surface area contributed by atoms with E-state index in [4.69, 9.17) is 4.74 Å². The lowest BCUT2D eigenvalue weighted by molar-refractivity contribution is -0.136. The van der Waals surface area contributed by atoms with E-state index in [2.05, 4.69) is 18.3 Å². The second kappa shape index (κ2) is 6.41. The van der Waals surface area contributed by atoms with Gasteiger partial charge in [0.25, 0.3) is 0 Å². The minimum Gasteiger partial charge on any atom is -0.466 e. The van der Waals surface area contributed by atoms with Crippen LogP contribution in [0.25, 0.3) is 0 Å². The minimum atomic E-state index is -0.214. The molecule has 0 fully saturated rings. The lowest BCUT2D eigenvalue weighted by atomic mass is 9.95. The van der Waals surface area contributed by atoms with Crippen molar-refractivity contribution in [1.82, 2.24) is 0 Å². The SMILES string of the molecule is CCCCCC1=C(C(=O)OC)Cc2ccccc2N1. The summed E-state index contributed by atoms with van der Waals surface area (Å²) in [5.74, 6) is -0.214. The van der Waals surface area contributed by atoms with E-state index in [1.54, 1.807) is 0 Å². The van der Waals surface area contributed by atoms with Gasteiger partial charge in [-0.3, -0.25) is 0 Å². The van der Waals surface area contributed by atoms with Crippen LogP contribution in [0.4, 0.5) is 5.69 Å². The van der Waals surface area contributed by atoms with Crippen molar-refractivity contribution in [3.05, 3.63) is 41.1 Å². The maximum Gasteiger partial charge on any atom is 0.335 e. The zero-order chi connectivity index (χ0) is 13.7. The van der Waals surface area contributed by atoms with Gasteiger partial charge < -0.3 is 10.1 Å². The molecule has 1 aliphatic rings. The number of methoxy groups -OCH3 is 1. The second-order valence-corrected chi connectivity index (χ2v) is 4.86. The Labute approximate surface area is 114 Å². The summed E-state index contributed by atoms with van der Waals surface area (Å²) in [6.07, 6.45) is 5.03. The van der Waals surface area contributed by atoms with Gasteiger partial charge in [-0.2, -0.15) is 0 Å². The van der Waals surface area contributed by atoms with Crippen molar-refractivity contribution in [1.29, 1.82) is 0 Å². The van der Waals surface area contributed by atoms with Crippen LogP contribution in [0.2, 0.25) is 0 Å². The molecule has 1 aromatic rings. The molecule has 1 aliphatic heterocycles. The molecule has 0 radical (unpaired) electrons. The molecule has 0 bridgehead atoms. The number of esters is 1. The first-order chi connectivity index (χ1) is 9.26. The van der Waals surface area contributed by atoms with E-state index in [1.165, 1.54) is 20.0 Å². The predicted molar refractivity (Wildman–Crippen MR) is 77.0 cm³/mol. The molecule has 0 aromatic heterocycles. The van der Waals surface area contributed by atoms with Crippen LogP contribution in [0.3, 0.4) is 0 Å². The van der Waals surface area contributed by atoms with Gasteiger partial charge in [-0.05, 0) is 24.5 Å². The van der Waals surface area contributed by atoms with E-state index >= 15 is 0 Å². The normalized spacial score (nSPS) is 13.8. The van der Waals surface area contributed by atoms with Crippen molar-refractivity contribution >= 4 is 11.7 Å². The van der Waals surface area contributed by atoms with E-state index < -0.39 is 0 Å². The summed E-state index contributed by atoms with van der Waals surface area (Å²) in [6, 6.07) is 8.12. The Morgan fingerprint density at radius 3 is 2.84 bits per heavy atom. The monoisotopic (exact) mass is 259 g/mol. The van der Waals surface area contributed by atoms with Crippen LogP contribution in [0.1, 0.15) is 38.2 Å². The number of anilines is 1. The number of para-hydroxylation sites is 1. The molecule has 0 spiro atoms. The van der Waals surface area contributed by atoms with Gasteiger partial charge in [0, 0.05) is 17.8 Å². The van der Waals surface area contributed by atoms with Gasteiger partial charge in [0.15, 0.2) is 0 Å². The Bertz CT molecular complexity index is 491. The second-order valence-electron chi connectivity index (χ2n) is 4.86. The van der Waals surface area contributed by atoms with Crippen molar-refractivity contribution in [3.63, 3.8) is 0 Å². The van der Waals surface area contributed by atoms with E-state index in [0.717, 1.165) is 35.4 Å². The number of carbonyl (C=O) groups excluding carboxylic acids is 1. The molecule has 1 heterocycles. The molecular weight excluding hydrogens is 238 g/mol. The average Bonchev–Trinajstić information content (AvgIpc) is 2.46. The van der Waals surface area contributed by atoms with Gasteiger partial charge in [-0.1, -0.05) is 38.0 Å². The smallest absolute Gasteiger partial charge is 0.335 e. The summed E-state index contributed by atoms with van der Waals surface area (Å²) in [6.45, 7) is 2.18. The number of unbranched alkanes of at least 4 members (excludes halogenated alkanes) is 2. The Morgan fingerprint density at radius 1 is 1.32 bits per heavy atom. The summed E-state index contributed by atoms with van der Waals surface area (Å²) in [5, 5.41) is 3.40. The molecule has 2 rings (SSSR count). The van der Waals surface area contributed by atoms with Crippen molar-refractivity contribution in [3.8, 4) is 0 Å². The highest BCUT2D eigenvalue weighted by Crippen LogP contribution is 2.30. The van der Waals surface area contributed by atoms with Crippen molar-refractivity contribution in [2.45, 2.75) is 39.0 Å². The fourth-order valence-corrected chi connectivity index (χ4v) is 2.42. The summed E-state index contributed by atoms with van der Waals surface area (Å²) >= 11 is 0. The summed E-state index contributed by atoms with van der Waals surface area (Å²) in [7, 11) is 1.44. The summed E-state index contributed by atoms with van der Waals surface area (Å²) < 4.78 is 4.90. The highest BCUT2D eigenvalue weighted by molar-refractivity contribution is 5.92. The van der Waals surface area contributed by atoms with Gasteiger partial charge in [0.1, 0.15) is 0 Å². The topological polar surface area (TPSA) is 38.3 Å². The molecular formula is C16H21NO2. The standard InChI is InChI=1S/C16H21NO2/c1-3-4-5-10-15-13(16(18)19-2)11-12-8-6-7-9-14(12)17-15/h6-9,17H,3-5,10-11H2,1-2H3. The molecule has 102 valence electrons. The molecule has 19 heavy (non-hydrogen) atoms. The predicted octanol–water partition coefficient (Wildman–Crippen LogP) is 3.66. The quantitative estimate of drug-likeness (QED) is 0.647. The lowest BCUT2D eigenvalue weighted by Gasteiger charge is -2.23. The molecule has 3 nitrogen and oxygen atoms in total. The molecule has 1 N–H and O–H groups in total. The maximum absolute atomic E-state index is 11.9. The van der Waals surface area contributed by atoms with Gasteiger partial charge in [-0.25, -0.2) is 4.79 Å². The Balaban J connectivity index is 2.22. The van der Waals surface area contributed by atoms with Crippen LogP contribution in [-0.2, 0) is 16.0 Å². The van der Waals surface area contributed by atoms with Gasteiger partial charge in [0.2, 0.25) is 0 Å². The number of fused-ring (bicyclic) bond motifs is 1. The Hall–Kier alpha value is -1.77. The van der Waals surface area contributed by atoms with E-state index in [0.29, 0.717) is 6.42 Å².